The summed E-state index contributed by atoms with van der Waals surface area (Å²) in [5.41, 5.74) is 1.40. The Kier molecular flexibility index (Phi) is 7.42. The summed E-state index contributed by atoms with van der Waals surface area (Å²) in [4.78, 5) is 18.7. The highest BCUT2D eigenvalue weighted by Gasteiger charge is 2.62. The van der Waals surface area contributed by atoms with Crippen LogP contribution < -0.4 is 9.47 Å². The molecule has 0 amide bonds. The molecule has 0 radical (unpaired) electrons. The van der Waals surface area contributed by atoms with E-state index >= 15 is 4.39 Å². The van der Waals surface area contributed by atoms with E-state index < -0.39 is 17.6 Å². The number of piperidine rings is 1. The molecule has 1 aliphatic carbocycles. The van der Waals surface area contributed by atoms with Crippen molar-refractivity contribution < 1.29 is 32.9 Å². The van der Waals surface area contributed by atoms with E-state index in [1.165, 1.54) is 18.2 Å². The van der Waals surface area contributed by atoms with Crippen LogP contribution >= 0.6 is 0 Å². The first kappa shape index (κ1) is 29.2. The van der Waals surface area contributed by atoms with E-state index in [1.54, 1.807) is 0 Å². The van der Waals surface area contributed by atoms with Crippen LogP contribution in [0.15, 0.2) is 54.6 Å². The fourth-order valence-corrected chi connectivity index (χ4v) is 6.62. The van der Waals surface area contributed by atoms with Crippen LogP contribution in [0.5, 0.6) is 11.5 Å². The Morgan fingerprint density at radius 2 is 2.04 bits per heavy atom. The molecule has 1 saturated carbocycles. The molecule has 0 bridgehead atoms. The van der Waals surface area contributed by atoms with Gasteiger partial charge in [-0.05, 0) is 67.8 Å². The Balaban J connectivity index is 1.02. The molecule has 45 heavy (non-hydrogen) atoms. The first-order valence-corrected chi connectivity index (χ1v) is 15.1. The SMILES string of the molecule is CC1C[C@@H](Oc2cccc(COc3ccc(C#N)cc3F)c2)CCN1Cc1nc2c(F)cc(C(=O)O)cc2n1C1C[C@]12CCO2. The van der Waals surface area contributed by atoms with Gasteiger partial charge in [-0.3, -0.25) is 4.90 Å². The Morgan fingerprint density at radius 1 is 1.20 bits per heavy atom. The number of rotatable bonds is 9. The third-order valence-electron chi connectivity index (χ3n) is 9.25. The second kappa shape index (κ2) is 11.4. The van der Waals surface area contributed by atoms with E-state index in [1.807, 2.05) is 34.9 Å². The number of hydrogen-bond donors (Lipinski definition) is 1. The number of ether oxygens (including phenoxy) is 3. The summed E-state index contributed by atoms with van der Waals surface area (Å²) in [7, 11) is 0. The first-order valence-electron chi connectivity index (χ1n) is 15.1. The summed E-state index contributed by atoms with van der Waals surface area (Å²) in [5.74, 6) is -0.902. The molecule has 11 heteroatoms. The van der Waals surface area contributed by atoms with Crippen LogP contribution in [0.25, 0.3) is 11.0 Å². The van der Waals surface area contributed by atoms with Crippen LogP contribution in [0.4, 0.5) is 8.78 Å². The molecule has 9 nitrogen and oxygen atoms in total. The molecule has 232 valence electrons. The van der Waals surface area contributed by atoms with Crippen LogP contribution in [0.3, 0.4) is 0 Å². The Labute approximate surface area is 258 Å². The molecule has 4 atom stereocenters. The number of nitrogens with zero attached hydrogens (tertiary/aromatic N) is 4. The molecule has 3 fully saturated rings. The average molecular weight is 615 g/mol. The third kappa shape index (κ3) is 5.60. The smallest absolute Gasteiger partial charge is 0.335 e. The Hall–Kier alpha value is -4.53. The van der Waals surface area contributed by atoms with Crippen molar-refractivity contribution in [2.45, 2.75) is 69.5 Å². The van der Waals surface area contributed by atoms with Crippen molar-refractivity contribution in [1.82, 2.24) is 14.5 Å². The van der Waals surface area contributed by atoms with Gasteiger partial charge >= 0.3 is 5.97 Å². The lowest BCUT2D eigenvalue weighted by Crippen LogP contribution is -2.44. The largest absolute Gasteiger partial charge is 0.490 e. The maximum absolute atomic E-state index is 15.1. The van der Waals surface area contributed by atoms with Crippen LogP contribution in [0, 0.1) is 23.0 Å². The zero-order chi connectivity index (χ0) is 31.3. The molecular formula is C34H32F2N4O5. The lowest BCUT2D eigenvalue weighted by atomic mass is 10.0. The third-order valence-corrected chi connectivity index (χ3v) is 9.25. The molecule has 1 aromatic heterocycles. The lowest BCUT2D eigenvalue weighted by molar-refractivity contribution is -0.0821. The van der Waals surface area contributed by atoms with Gasteiger partial charge in [0.05, 0.1) is 47.5 Å². The Bertz CT molecular complexity index is 1830. The highest BCUT2D eigenvalue weighted by atomic mass is 19.1. The van der Waals surface area contributed by atoms with Crippen molar-refractivity contribution in [2.24, 2.45) is 0 Å². The number of halogens is 2. The molecule has 1 spiro atoms. The summed E-state index contributed by atoms with van der Waals surface area (Å²) in [6, 6.07) is 16.3. The van der Waals surface area contributed by atoms with E-state index in [0.29, 0.717) is 30.2 Å². The second-order valence-corrected chi connectivity index (χ2v) is 12.2. The molecule has 2 unspecified atom stereocenters. The van der Waals surface area contributed by atoms with Crippen molar-refractivity contribution >= 4 is 17.0 Å². The molecule has 1 N–H and O–H groups in total. The predicted molar refractivity (Wildman–Crippen MR) is 159 cm³/mol. The predicted octanol–water partition coefficient (Wildman–Crippen LogP) is 6.00. The van der Waals surface area contributed by atoms with E-state index in [0.717, 1.165) is 49.9 Å². The number of hydrogen-bond acceptors (Lipinski definition) is 7. The maximum Gasteiger partial charge on any atom is 0.335 e. The van der Waals surface area contributed by atoms with Gasteiger partial charge in [-0.2, -0.15) is 5.26 Å². The van der Waals surface area contributed by atoms with Gasteiger partial charge < -0.3 is 23.9 Å². The molecule has 2 aliphatic heterocycles. The summed E-state index contributed by atoms with van der Waals surface area (Å²) < 4.78 is 49.2. The van der Waals surface area contributed by atoms with E-state index in [9.17, 15) is 14.3 Å². The fourth-order valence-electron chi connectivity index (χ4n) is 6.62. The van der Waals surface area contributed by atoms with Crippen LogP contribution in [-0.2, 0) is 17.9 Å². The van der Waals surface area contributed by atoms with Crippen LogP contribution in [0.1, 0.15) is 66.0 Å². The summed E-state index contributed by atoms with van der Waals surface area (Å²) in [6.07, 6.45) is 3.26. The van der Waals surface area contributed by atoms with Crippen molar-refractivity contribution in [3.63, 3.8) is 0 Å². The molecule has 4 aromatic rings. The average Bonchev–Trinajstić information content (AvgIpc) is 3.66. The molecule has 3 aliphatic rings. The van der Waals surface area contributed by atoms with Gasteiger partial charge in [-0.15, -0.1) is 0 Å². The second-order valence-electron chi connectivity index (χ2n) is 12.2. The zero-order valence-corrected chi connectivity index (χ0v) is 24.7. The number of carbonyl (C=O) groups is 1. The minimum Gasteiger partial charge on any atom is -0.490 e. The van der Waals surface area contributed by atoms with Crippen molar-refractivity contribution in [1.29, 1.82) is 5.26 Å². The minimum absolute atomic E-state index is 0.00975. The molecule has 3 aromatic carbocycles. The number of aromatic carboxylic acids is 1. The molecular weight excluding hydrogens is 582 g/mol. The Morgan fingerprint density at radius 3 is 2.73 bits per heavy atom. The summed E-state index contributed by atoms with van der Waals surface area (Å²) >= 11 is 0. The van der Waals surface area contributed by atoms with Crippen molar-refractivity contribution in [3.8, 4) is 17.6 Å². The highest BCUT2D eigenvalue weighted by Crippen LogP contribution is 2.59. The summed E-state index contributed by atoms with van der Waals surface area (Å²) in [5, 5.41) is 18.5. The standard InChI is InChI=1S/C34H32F2N4O5/c1-20-11-25(45-24-4-2-3-22(12-24)19-43-29-6-5-21(17-37)13-26(29)35)7-9-39(20)18-31-38-32-27(36)14-23(33(41)42)15-28(32)40(31)30-16-34(30)8-10-44-34/h2-6,12-15,20,25,30H,7-11,16,18-19H2,1H3,(H,41,42)/t20?,25-,30?,34+/m0/s1. The van der Waals surface area contributed by atoms with Gasteiger partial charge in [0.25, 0.3) is 0 Å². The number of carboxylic acid groups (broad SMARTS) is 1. The quantitative estimate of drug-likeness (QED) is 0.245. The zero-order valence-electron chi connectivity index (χ0n) is 24.7. The van der Waals surface area contributed by atoms with E-state index in [-0.39, 0.29) is 52.8 Å². The van der Waals surface area contributed by atoms with Gasteiger partial charge in [0.15, 0.2) is 17.4 Å². The molecule has 3 heterocycles. The molecule has 2 saturated heterocycles. The van der Waals surface area contributed by atoms with Crippen LogP contribution in [-0.4, -0.2) is 56.4 Å². The van der Waals surface area contributed by atoms with Gasteiger partial charge in [0.1, 0.15) is 29.8 Å². The number of likely N-dealkylation sites (tertiary alicyclic amines) is 1. The summed E-state index contributed by atoms with van der Waals surface area (Å²) in [6.45, 7) is 4.22. The van der Waals surface area contributed by atoms with E-state index in [4.69, 9.17) is 24.5 Å². The van der Waals surface area contributed by atoms with Crippen molar-refractivity contribution in [2.75, 3.05) is 13.2 Å². The van der Waals surface area contributed by atoms with Gasteiger partial charge in [-0.1, -0.05) is 12.1 Å². The number of imidazole rings is 1. The number of nitriles is 1. The lowest BCUT2D eigenvalue weighted by Gasteiger charge is -2.37. The van der Waals surface area contributed by atoms with Gasteiger partial charge in [0, 0.05) is 25.4 Å². The van der Waals surface area contributed by atoms with Crippen molar-refractivity contribution in [3.05, 3.63) is 88.7 Å². The van der Waals surface area contributed by atoms with E-state index in [2.05, 4.69) is 11.8 Å². The number of aromatic nitrogens is 2. The van der Waals surface area contributed by atoms with Gasteiger partial charge in [0.2, 0.25) is 0 Å². The maximum atomic E-state index is 15.1. The highest BCUT2D eigenvalue weighted by molar-refractivity contribution is 5.93. The fraction of sp³-hybridized carbons (Fsp3) is 0.382. The monoisotopic (exact) mass is 614 g/mol. The van der Waals surface area contributed by atoms with Crippen LogP contribution in [0.2, 0.25) is 0 Å². The molecule has 7 rings (SSSR count). The van der Waals surface area contributed by atoms with Gasteiger partial charge in [-0.25, -0.2) is 18.6 Å². The topological polar surface area (TPSA) is 110 Å². The minimum atomic E-state index is -1.18. The first-order chi connectivity index (χ1) is 21.7. The number of carboxylic acids is 1. The number of benzene rings is 3. The number of fused-ring (bicyclic) bond motifs is 1. The normalized spacial score (nSPS) is 24.3.